The summed E-state index contributed by atoms with van der Waals surface area (Å²) in [6.45, 7) is 6.48. The summed E-state index contributed by atoms with van der Waals surface area (Å²) < 4.78 is 26.0. The number of pyridine rings is 1. The van der Waals surface area contributed by atoms with Gasteiger partial charge in [-0.25, -0.2) is 4.39 Å². The number of rotatable bonds is 10. The summed E-state index contributed by atoms with van der Waals surface area (Å²) >= 11 is 0. The van der Waals surface area contributed by atoms with E-state index in [0.29, 0.717) is 31.3 Å². The minimum atomic E-state index is -0.362. The van der Waals surface area contributed by atoms with Crippen molar-refractivity contribution in [2.24, 2.45) is 5.92 Å². The molecule has 0 saturated carbocycles. The largest absolute Gasteiger partial charge is 0.493 e. The maximum atomic E-state index is 13.1. The van der Waals surface area contributed by atoms with E-state index >= 15 is 0 Å². The van der Waals surface area contributed by atoms with Gasteiger partial charge in [-0.2, -0.15) is 0 Å². The predicted molar refractivity (Wildman–Crippen MR) is 113 cm³/mol. The average molecular weight is 396 g/mol. The van der Waals surface area contributed by atoms with Crippen LogP contribution in [0.5, 0.6) is 11.5 Å². The lowest BCUT2D eigenvalue weighted by molar-refractivity contribution is 0.199. The molecule has 2 aromatic rings. The first-order valence-corrected chi connectivity index (χ1v) is 9.60. The van der Waals surface area contributed by atoms with Crippen molar-refractivity contribution >= 4 is 0 Å². The second-order valence-electron chi connectivity index (χ2n) is 6.73. The highest BCUT2D eigenvalue weighted by molar-refractivity contribution is 5.38. The Balaban J connectivity index is 1.52. The van der Waals surface area contributed by atoms with Gasteiger partial charge in [-0.1, -0.05) is 18.7 Å². The molecule has 0 bridgehead atoms. The Morgan fingerprint density at radius 1 is 1.21 bits per heavy atom. The molecule has 1 fully saturated rings. The van der Waals surface area contributed by atoms with Gasteiger partial charge in [0.15, 0.2) is 0 Å². The predicted octanol–water partition coefficient (Wildman–Crippen LogP) is 3.80. The third kappa shape index (κ3) is 6.19. The SMILES string of the molecule is C=C/C=C(F)\C=C/CCOc1ccn(-c2ccc(OCC3CNC3)cc2)c(=O)c1. The van der Waals surface area contributed by atoms with E-state index in [2.05, 4.69) is 11.9 Å². The molecule has 0 radical (unpaired) electrons. The molecule has 0 unspecified atom stereocenters. The van der Waals surface area contributed by atoms with Gasteiger partial charge in [-0.15, -0.1) is 0 Å². The molecular weight excluding hydrogens is 371 g/mol. The van der Waals surface area contributed by atoms with Crippen molar-refractivity contribution in [3.63, 3.8) is 0 Å². The van der Waals surface area contributed by atoms with Gasteiger partial charge in [0.05, 0.1) is 13.2 Å². The Morgan fingerprint density at radius 2 is 2.00 bits per heavy atom. The topological polar surface area (TPSA) is 52.5 Å². The fraction of sp³-hybridized carbons (Fsp3) is 0.261. The van der Waals surface area contributed by atoms with Crippen LogP contribution in [0.1, 0.15) is 6.42 Å². The van der Waals surface area contributed by atoms with E-state index in [1.807, 2.05) is 24.3 Å². The maximum Gasteiger partial charge on any atom is 0.258 e. The zero-order valence-electron chi connectivity index (χ0n) is 16.2. The highest BCUT2D eigenvalue weighted by atomic mass is 19.1. The molecule has 0 atom stereocenters. The van der Waals surface area contributed by atoms with Crippen LogP contribution in [0.4, 0.5) is 4.39 Å². The van der Waals surface area contributed by atoms with Crippen molar-refractivity contribution in [2.45, 2.75) is 6.42 Å². The molecule has 1 aliphatic heterocycles. The van der Waals surface area contributed by atoms with Crippen LogP contribution < -0.4 is 20.3 Å². The monoisotopic (exact) mass is 396 g/mol. The average Bonchev–Trinajstić information content (AvgIpc) is 2.67. The number of allylic oxidation sites excluding steroid dienone is 4. The quantitative estimate of drug-likeness (QED) is 0.490. The summed E-state index contributed by atoms with van der Waals surface area (Å²) in [5.74, 6) is 1.49. The molecule has 1 aromatic carbocycles. The fourth-order valence-electron chi connectivity index (χ4n) is 2.76. The van der Waals surface area contributed by atoms with Crippen LogP contribution >= 0.6 is 0 Å². The van der Waals surface area contributed by atoms with Gasteiger partial charge in [-0.3, -0.25) is 9.36 Å². The first-order valence-electron chi connectivity index (χ1n) is 9.60. The number of aromatic nitrogens is 1. The van der Waals surface area contributed by atoms with Crippen LogP contribution in [0.15, 0.2) is 84.1 Å². The standard InChI is InChI=1S/C23H25FN2O3/c1-2-5-19(24)6-3-4-13-28-22-11-12-26(23(27)14-22)20-7-9-21(10-8-20)29-17-18-15-25-16-18/h2-3,5-12,14,18,25H,1,4,13,15-17H2/b6-3-,19-5+. The van der Waals surface area contributed by atoms with E-state index in [0.717, 1.165) is 24.5 Å². The molecule has 0 aliphatic carbocycles. The first kappa shape index (κ1) is 20.6. The van der Waals surface area contributed by atoms with Gasteiger partial charge >= 0.3 is 0 Å². The molecule has 29 heavy (non-hydrogen) atoms. The second-order valence-corrected chi connectivity index (χ2v) is 6.73. The van der Waals surface area contributed by atoms with E-state index in [-0.39, 0.29) is 11.4 Å². The van der Waals surface area contributed by atoms with Crippen LogP contribution in [0.3, 0.4) is 0 Å². The fourth-order valence-corrected chi connectivity index (χ4v) is 2.76. The van der Waals surface area contributed by atoms with Crippen LogP contribution in [0.25, 0.3) is 5.69 Å². The van der Waals surface area contributed by atoms with Crippen molar-refractivity contribution in [1.82, 2.24) is 9.88 Å². The van der Waals surface area contributed by atoms with E-state index < -0.39 is 0 Å². The van der Waals surface area contributed by atoms with E-state index in [1.165, 1.54) is 24.3 Å². The summed E-state index contributed by atoms with van der Waals surface area (Å²) in [7, 11) is 0. The molecule has 1 N–H and O–H groups in total. The molecule has 1 aromatic heterocycles. The zero-order valence-corrected chi connectivity index (χ0v) is 16.2. The van der Waals surface area contributed by atoms with Crippen LogP contribution in [0, 0.1) is 5.92 Å². The van der Waals surface area contributed by atoms with Gasteiger partial charge in [0.2, 0.25) is 0 Å². The van der Waals surface area contributed by atoms with Crippen molar-refractivity contribution in [2.75, 3.05) is 26.3 Å². The van der Waals surface area contributed by atoms with E-state index in [9.17, 15) is 9.18 Å². The third-order valence-corrected chi connectivity index (χ3v) is 4.47. The molecule has 152 valence electrons. The molecule has 0 amide bonds. The second kappa shape index (κ2) is 10.4. The highest BCUT2D eigenvalue weighted by Gasteiger charge is 2.17. The van der Waals surface area contributed by atoms with E-state index in [4.69, 9.17) is 9.47 Å². The number of halogens is 1. The molecule has 5 nitrogen and oxygen atoms in total. The zero-order chi connectivity index (χ0) is 20.5. The smallest absolute Gasteiger partial charge is 0.258 e. The number of nitrogens with one attached hydrogen (secondary N) is 1. The Kier molecular flexibility index (Phi) is 7.41. The van der Waals surface area contributed by atoms with Gasteiger partial charge in [0.1, 0.15) is 17.3 Å². The molecule has 1 saturated heterocycles. The highest BCUT2D eigenvalue weighted by Crippen LogP contribution is 2.17. The Bertz CT molecular complexity index is 928. The number of hydrogen-bond acceptors (Lipinski definition) is 4. The Hall–Kier alpha value is -3.12. The molecule has 0 spiro atoms. The van der Waals surface area contributed by atoms with Crippen LogP contribution in [-0.4, -0.2) is 30.9 Å². The summed E-state index contributed by atoms with van der Waals surface area (Å²) in [5, 5.41) is 3.21. The molecule has 3 rings (SSSR count). The number of hydrogen-bond donors (Lipinski definition) is 1. The minimum absolute atomic E-state index is 0.188. The molecular formula is C23H25FN2O3. The van der Waals surface area contributed by atoms with Crippen molar-refractivity contribution in [3.05, 3.63) is 89.7 Å². The van der Waals surface area contributed by atoms with Crippen LogP contribution in [-0.2, 0) is 0 Å². The van der Waals surface area contributed by atoms with Gasteiger partial charge in [0.25, 0.3) is 5.56 Å². The summed E-state index contributed by atoms with van der Waals surface area (Å²) in [5.41, 5.74) is 0.568. The normalized spacial score (nSPS) is 14.6. The van der Waals surface area contributed by atoms with Gasteiger partial charge in [0, 0.05) is 37.0 Å². The lowest BCUT2D eigenvalue weighted by atomic mass is 10.1. The van der Waals surface area contributed by atoms with Crippen molar-refractivity contribution in [3.8, 4) is 17.2 Å². The number of nitrogens with zero attached hydrogens (tertiary/aromatic N) is 1. The number of benzene rings is 1. The van der Waals surface area contributed by atoms with Gasteiger partial charge in [-0.05, 0) is 48.9 Å². The maximum absolute atomic E-state index is 13.1. The summed E-state index contributed by atoms with van der Waals surface area (Å²) in [4.78, 5) is 12.4. The first-order chi connectivity index (χ1) is 14.2. The molecule has 1 aliphatic rings. The minimum Gasteiger partial charge on any atom is -0.493 e. The van der Waals surface area contributed by atoms with E-state index in [1.54, 1.807) is 22.9 Å². The summed E-state index contributed by atoms with van der Waals surface area (Å²) in [6.07, 6.45) is 7.90. The summed E-state index contributed by atoms with van der Waals surface area (Å²) in [6, 6.07) is 10.6. The third-order valence-electron chi connectivity index (χ3n) is 4.47. The molecule has 6 heteroatoms. The molecule has 2 heterocycles. The van der Waals surface area contributed by atoms with Crippen LogP contribution in [0.2, 0.25) is 0 Å². The Labute approximate surface area is 169 Å². The van der Waals surface area contributed by atoms with Crippen molar-refractivity contribution < 1.29 is 13.9 Å². The van der Waals surface area contributed by atoms with Crippen molar-refractivity contribution in [1.29, 1.82) is 0 Å². The lowest BCUT2D eigenvalue weighted by Gasteiger charge is -2.26. The van der Waals surface area contributed by atoms with Gasteiger partial charge < -0.3 is 14.8 Å². The number of ether oxygens (including phenoxy) is 2. The Morgan fingerprint density at radius 3 is 2.66 bits per heavy atom. The lowest BCUT2D eigenvalue weighted by Crippen LogP contribution is -2.45.